The maximum absolute atomic E-state index is 13.1. The standard InChI is InChI=1S/C21H24N4O2/c1-23-15-18(17-7-2-3-8-19(17)23)21(27)25-11-5-10-24(12-13-25)20(26)14-16-6-4-9-22-16/h2-4,6-9,15,22H,5,10-14H2,1H3. The second kappa shape index (κ2) is 7.31. The summed E-state index contributed by atoms with van der Waals surface area (Å²) in [4.78, 5) is 32.5. The molecule has 1 aromatic carbocycles. The summed E-state index contributed by atoms with van der Waals surface area (Å²) in [5.41, 5.74) is 2.71. The van der Waals surface area contributed by atoms with Crippen molar-refractivity contribution in [2.75, 3.05) is 26.2 Å². The van der Waals surface area contributed by atoms with E-state index >= 15 is 0 Å². The molecule has 6 heteroatoms. The smallest absolute Gasteiger partial charge is 0.256 e. The van der Waals surface area contributed by atoms with Crippen LogP contribution in [0, 0.1) is 0 Å². The van der Waals surface area contributed by atoms with Gasteiger partial charge in [-0.25, -0.2) is 0 Å². The molecule has 0 unspecified atom stereocenters. The fraction of sp³-hybridized carbons (Fsp3) is 0.333. The Morgan fingerprint density at radius 3 is 2.59 bits per heavy atom. The van der Waals surface area contributed by atoms with Crippen molar-refractivity contribution in [1.82, 2.24) is 19.4 Å². The summed E-state index contributed by atoms with van der Waals surface area (Å²) in [5.74, 6) is 0.155. The first-order valence-corrected chi connectivity index (χ1v) is 9.37. The Hall–Kier alpha value is -3.02. The van der Waals surface area contributed by atoms with Crippen LogP contribution in [0.25, 0.3) is 10.9 Å². The minimum atomic E-state index is 0.0467. The number of aromatic amines is 1. The Morgan fingerprint density at radius 1 is 1.00 bits per heavy atom. The van der Waals surface area contributed by atoms with Gasteiger partial charge in [-0.2, -0.15) is 0 Å². The van der Waals surface area contributed by atoms with Crippen LogP contribution < -0.4 is 0 Å². The molecule has 2 aromatic heterocycles. The molecule has 6 nitrogen and oxygen atoms in total. The molecular formula is C21H24N4O2. The van der Waals surface area contributed by atoms with Crippen molar-refractivity contribution in [3.63, 3.8) is 0 Å². The number of carbonyl (C=O) groups is 2. The van der Waals surface area contributed by atoms with Crippen LogP contribution in [-0.2, 0) is 18.3 Å². The van der Waals surface area contributed by atoms with Crippen molar-refractivity contribution in [1.29, 1.82) is 0 Å². The Morgan fingerprint density at radius 2 is 1.78 bits per heavy atom. The van der Waals surface area contributed by atoms with E-state index in [0.717, 1.165) is 28.6 Å². The van der Waals surface area contributed by atoms with Crippen LogP contribution in [0.15, 0.2) is 48.8 Å². The SMILES string of the molecule is Cn1cc(C(=O)N2CCCN(C(=O)Cc3ccc[nH]3)CC2)c2ccccc21. The summed E-state index contributed by atoms with van der Waals surface area (Å²) in [5, 5.41) is 0.980. The molecule has 1 aliphatic heterocycles. The molecule has 3 aromatic rings. The van der Waals surface area contributed by atoms with Gasteiger partial charge in [0.05, 0.1) is 12.0 Å². The maximum Gasteiger partial charge on any atom is 0.256 e. The Labute approximate surface area is 158 Å². The molecule has 0 aliphatic carbocycles. The second-order valence-electron chi connectivity index (χ2n) is 7.07. The molecule has 2 amide bonds. The highest BCUT2D eigenvalue weighted by Gasteiger charge is 2.24. The molecule has 1 N–H and O–H groups in total. The van der Waals surface area contributed by atoms with Crippen molar-refractivity contribution in [2.24, 2.45) is 7.05 Å². The van der Waals surface area contributed by atoms with E-state index in [0.29, 0.717) is 32.6 Å². The first kappa shape index (κ1) is 17.4. The van der Waals surface area contributed by atoms with Crippen molar-refractivity contribution < 1.29 is 9.59 Å². The summed E-state index contributed by atoms with van der Waals surface area (Å²) < 4.78 is 1.99. The Balaban J connectivity index is 1.46. The van der Waals surface area contributed by atoms with E-state index in [1.165, 1.54) is 0 Å². The number of hydrogen-bond acceptors (Lipinski definition) is 2. The second-order valence-corrected chi connectivity index (χ2v) is 7.07. The zero-order chi connectivity index (χ0) is 18.8. The average molecular weight is 364 g/mol. The molecule has 0 spiro atoms. The number of nitrogens with one attached hydrogen (secondary N) is 1. The maximum atomic E-state index is 13.1. The van der Waals surface area contributed by atoms with Crippen molar-refractivity contribution >= 4 is 22.7 Å². The lowest BCUT2D eigenvalue weighted by Crippen LogP contribution is -2.38. The number of aromatic nitrogens is 2. The molecule has 140 valence electrons. The lowest BCUT2D eigenvalue weighted by molar-refractivity contribution is -0.130. The van der Waals surface area contributed by atoms with Crippen molar-refractivity contribution in [2.45, 2.75) is 12.8 Å². The van der Waals surface area contributed by atoms with Crippen LogP contribution in [0.1, 0.15) is 22.5 Å². The van der Waals surface area contributed by atoms with Crippen LogP contribution >= 0.6 is 0 Å². The molecule has 0 atom stereocenters. The Kier molecular flexibility index (Phi) is 4.71. The molecule has 0 bridgehead atoms. The molecule has 27 heavy (non-hydrogen) atoms. The first-order chi connectivity index (χ1) is 13.1. The number of fused-ring (bicyclic) bond motifs is 1. The third-order valence-electron chi connectivity index (χ3n) is 5.27. The number of hydrogen-bond donors (Lipinski definition) is 1. The molecule has 1 saturated heterocycles. The zero-order valence-corrected chi connectivity index (χ0v) is 15.5. The molecule has 0 saturated carbocycles. The van der Waals surface area contributed by atoms with Gasteiger partial charge in [-0.1, -0.05) is 18.2 Å². The predicted octanol–water partition coefficient (Wildman–Crippen LogP) is 2.42. The van der Waals surface area contributed by atoms with E-state index in [-0.39, 0.29) is 11.8 Å². The normalized spacial score (nSPS) is 15.1. The van der Waals surface area contributed by atoms with Gasteiger partial charge in [-0.05, 0) is 24.6 Å². The minimum absolute atomic E-state index is 0.0467. The number of para-hydroxylation sites is 1. The van der Waals surface area contributed by atoms with E-state index in [1.54, 1.807) is 0 Å². The fourth-order valence-corrected chi connectivity index (χ4v) is 3.80. The Bertz CT molecular complexity index is 958. The molecule has 0 radical (unpaired) electrons. The number of amides is 2. The number of carbonyl (C=O) groups excluding carboxylic acids is 2. The number of rotatable bonds is 3. The summed E-state index contributed by atoms with van der Waals surface area (Å²) in [6, 6.07) is 11.8. The van der Waals surface area contributed by atoms with Crippen molar-refractivity contribution in [3.05, 3.63) is 60.0 Å². The lowest BCUT2D eigenvalue weighted by atomic mass is 10.1. The van der Waals surface area contributed by atoms with E-state index in [9.17, 15) is 9.59 Å². The van der Waals surface area contributed by atoms with Gasteiger partial charge in [0, 0.05) is 62.2 Å². The third kappa shape index (κ3) is 3.47. The van der Waals surface area contributed by atoms with E-state index in [1.807, 2.05) is 70.2 Å². The third-order valence-corrected chi connectivity index (χ3v) is 5.27. The topological polar surface area (TPSA) is 61.3 Å². The number of nitrogens with zero attached hydrogens (tertiary/aromatic N) is 3. The monoisotopic (exact) mass is 364 g/mol. The molecular weight excluding hydrogens is 340 g/mol. The number of benzene rings is 1. The molecule has 1 aliphatic rings. The minimum Gasteiger partial charge on any atom is -0.365 e. The number of aryl methyl sites for hydroxylation is 1. The lowest BCUT2D eigenvalue weighted by Gasteiger charge is -2.22. The van der Waals surface area contributed by atoms with Crippen LogP contribution in [0.3, 0.4) is 0 Å². The van der Waals surface area contributed by atoms with Crippen LogP contribution in [0.2, 0.25) is 0 Å². The number of H-pyrrole nitrogens is 1. The van der Waals surface area contributed by atoms with Gasteiger partial charge in [0.25, 0.3) is 5.91 Å². The predicted molar refractivity (Wildman–Crippen MR) is 105 cm³/mol. The van der Waals surface area contributed by atoms with Crippen LogP contribution in [0.5, 0.6) is 0 Å². The summed E-state index contributed by atoms with van der Waals surface area (Å²) in [7, 11) is 1.96. The molecule has 1 fully saturated rings. The molecule has 3 heterocycles. The van der Waals surface area contributed by atoms with Gasteiger partial charge in [0.1, 0.15) is 0 Å². The van der Waals surface area contributed by atoms with Gasteiger partial charge >= 0.3 is 0 Å². The van der Waals surface area contributed by atoms with Crippen LogP contribution in [-0.4, -0.2) is 57.3 Å². The van der Waals surface area contributed by atoms with Gasteiger partial charge in [0.2, 0.25) is 5.91 Å². The summed E-state index contributed by atoms with van der Waals surface area (Å²) in [6.45, 7) is 2.52. The van der Waals surface area contributed by atoms with E-state index in [2.05, 4.69) is 4.98 Å². The average Bonchev–Trinajstić information content (AvgIpc) is 3.22. The van der Waals surface area contributed by atoms with Gasteiger partial charge in [0.15, 0.2) is 0 Å². The summed E-state index contributed by atoms with van der Waals surface area (Å²) in [6.07, 6.45) is 4.92. The van der Waals surface area contributed by atoms with Gasteiger partial charge in [-0.15, -0.1) is 0 Å². The van der Waals surface area contributed by atoms with E-state index < -0.39 is 0 Å². The fourth-order valence-electron chi connectivity index (χ4n) is 3.80. The highest BCUT2D eigenvalue weighted by atomic mass is 16.2. The molecule has 4 rings (SSSR count). The highest BCUT2D eigenvalue weighted by Crippen LogP contribution is 2.22. The van der Waals surface area contributed by atoms with Gasteiger partial charge < -0.3 is 19.4 Å². The quantitative estimate of drug-likeness (QED) is 0.776. The summed E-state index contributed by atoms with van der Waals surface area (Å²) >= 11 is 0. The largest absolute Gasteiger partial charge is 0.365 e. The first-order valence-electron chi connectivity index (χ1n) is 9.37. The van der Waals surface area contributed by atoms with Crippen LogP contribution in [0.4, 0.5) is 0 Å². The zero-order valence-electron chi connectivity index (χ0n) is 15.5. The van der Waals surface area contributed by atoms with E-state index in [4.69, 9.17) is 0 Å². The van der Waals surface area contributed by atoms with Gasteiger partial charge in [-0.3, -0.25) is 9.59 Å². The van der Waals surface area contributed by atoms with Crippen molar-refractivity contribution in [3.8, 4) is 0 Å². The highest BCUT2D eigenvalue weighted by molar-refractivity contribution is 6.07.